The molecule has 7 nitrogen and oxygen atoms in total. The summed E-state index contributed by atoms with van der Waals surface area (Å²) >= 11 is 0. The van der Waals surface area contributed by atoms with Crippen LogP contribution >= 0.6 is 0 Å². The summed E-state index contributed by atoms with van der Waals surface area (Å²) in [6.45, 7) is 6.77. The van der Waals surface area contributed by atoms with Crippen LogP contribution < -0.4 is 14.9 Å². The molecular weight excluding hydrogens is 480 g/mol. The van der Waals surface area contributed by atoms with E-state index in [1.807, 2.05) is 93.9 Å². The van der Waals surface area contributed by atoms with Crippen molar-refractivity contribution in [1.82, 2.24) is 9.47 Å². The van der Waals surface area contributed by atoms with Crippen LogP contribution in [0.1, 0.15) is 39.2 Å². The van der Waals surface area contributed by atoms with E-state index in [0.717, 1.165) is 16.3 Å². The second-order valence-corrected chi connectivity index (χ2v) is 10.6. The van der Waals surface area contributed by atoms with Gasteiger partial charge in [-0.3, -0.25) is 9.59 Å². The fourth-order valence-corrected chi connectivity index (χ4v) is 4.98. The minimum absolute atomic E-state index is 0.107. The predicted octanol–water partition coefficient (Wildman–Crippen LogP) is 5.64. The molecule has 38 heavy (non-hydrogen) atoms. The Labute approximate surface area is 222 Å². The van der Waals surface area contributed by atoms with Crippen LogP contribution in [-0.4, -0.2) is 48.3 Å². The second kappa shape index (κ2) is 9.80. The van der Waals surface area contributed by atoms with Gasteiger partial charge in [-0.25, -0.2) is 0 Å². The van der Waals surface area contributed by atoms with Gasteiger partial charge in [-0.15, -0.1) is 0 Å². The van der Waals surface area contributed by atoms with Crippen LogP contribution in [-0.2, 0) is 16.6 Å². The van der Waals surface area contributed by atoms with E-state index in [2.05, 4.69) is 0 Å². The monoisotopic (exact) mass is 514 g/mol. The van der Waals surface area contributed by atoms with Crippen LogP contribution in [0.15, 0.2) is 53.0 Å². The van der Waals surface area contributed by atoms with E-state index in [1.54, 1.807) is 6.07 Å². The zero-order valence-electron chi connectivity index (χ0n) is 22.9. The molecule has 0 atom stereocenters. The van der Waals surface area contributed by atoms with Crippen LogP contribution in [0, 0.1) is 0 Å². The van der Waals surface area contributed by atoms with Crippen molar-refractivity contribution >= 4 is 44.6 Å². The van der Waals surface area contributed by atoms with Crippen molar-refractivity contribution in [2.75, 3.05) is 27.2 Å². The van der Waals surface area contributed by atoms with Crippen LogP contribution in [0.3, 0.4) is 0 Å². The Hall–Kier alpha value is -3.84. The number of hydrogen-bond donors (Lipinski definition) is 0. The zero-order chi connectivity index (χ0) is 27.2. The molecule has 7 heteroatoms. The van der Waals surface area contributed by atoms with Gasteiger partial charge in [0, 0.05) is 37.0 Å². The fraction of sp³-hybridized carbons (Fsp3) is 0.355. The van der Waals surface area contributed by atoms with Crippen molar-refractivity contribution < 1.29 is 19.0 Å². The van der Waals surface area contributed by atoms with Crippen molar-refractivity contribution in [1.29, 1.82) is 0 Å². The molecule has 0 fully saturated rings. The fourth-order valence-electron chi connectivity index (χ4n) is 4.98. The quantitative estimate of drug-likeness (QED) is 0.235. The first-order valence-corrected chi connectivity index (χ1v) is 13.0. The number of pyridine rings is 1. The first-order chi connectivity index (χ1) is 18.1. The summed E-state index contributed by atoms with van der Waals surface area (Å²) in [6.07, 6.45) is 2.84. The van der Waals surface area contributed by atoms with E-state index < -0.39 is 5.60 Å². The topological polar surface area (TPSA) is 70.0 Å². The number of esters is 1. The molecule has 1 aromatic heterocycles. The summed E-state index contributed by atoms with van der Waals surface area (Å²) in [7, 11) is 5.90. The van der Waals surface area contributed by atoms with Crippen molar-refractivity contribution in [2.45, 2.75) is 39.2 Å². The highest BCUT2D eigenvalue weighted by molar-refractivity contribution is 6.06. The molecule has 0 aliphatic carbocycles. The molecule has 0 unspecified atom stereocenters. The summed E-state index contributed by atoms with van der Waals surface area (Å²) in [5.41, 5.74) is 1.18. The lowest BCUT2D eigenvalue weighted by atomic mass is 9.95. The number of benzene rings is 3. The maximum absolute atomic E-state index is 14.1. The number of hydrogen-bond acceptors (Lipinski definition) is 6. The third kappa shape index (κ3) is 4.52. The number of nitrogens with zero attached hydrogens (tertiary/aromatic N) is 2. The van der Waals surface area contributed by atoms with E-state index in [9.17, 15) is 9.59 Å². The zero-order valence-corrected chi connectivity index (χ0v) is 22.9. The smallest absolute Gasteiger partial charge is 0.310 e. The molecule has 2 heterocycles. The highest BCUT2D eigenvalue weighted by Gasteiger charge is 2.36. The Kier molecular flexibility index (Phi) is 6.65. The van der Waals surface area contributed by atoms with Crippen molar-refractivity contribution in [3.05, 3.63) is 64.0 Å². The third-order valence-corrected chi connectivity index (χ3v) is 7.01. The third-order valence-electron chi connectivity index (χ3n) is 7.01. The Bertz CT molecular complexity index is 1660. The molecule has 4 aromatic rings. The molecule has 0 amide bonds. The van der Waals surface area contributed by atoms with Crippen LogP contribution in [0.4, 0.5) is 0 Å². The number of ether oxygens (including phenoxy) is 3. The molecule has 1 aliphatic heterocycles. The molecule has 3 aromatic carbocycles. The number of carbonyl (C=O) groups is 1. The van der Waals surface area contributed by atoms with Gasteiger partial charge in [-0.05, 0) is 63.3 Å². The normalized spacial score (nSPS) is 14.4. The molecule has 0 spiro atoms. The molecule has 0 saturated carbocycles. The first-order valence-electron chi connectivity index (χ1n) is 13.0. The minimum Gasteiger partial charge on any atom is -0.491 e. The van der Waals surface area contributed by atoms with Crippen molar-refractivity contribution in [2.24, 2.45) is 7.05 Å². The van der Waals surface area contributed by atoms with Gasteiger partial charge in [0.05, 0.1) is 16.4 Å². The number of likely N-dealkylation sites (N-methyl/N-ethyl adjacent to an activating group) is 1. The van der Waals surface area contributed by atoms with E-state index in [0.29, 0.717) is 65.1 Å². The molecule has 0 saturated heterocycles. The Morgan fingerprint density at radius 2 is 1.82 bits per heavy atom. The lowest BCUT2D eigenvalue weighted by Crippen LogP contribution is -2.35. The average molecular weight is 515 g/mol. The van der Waals surface area contributed by atoms with Gasteiger partial charge < -0.3 is 23.7 Å². The van der Waals surface area contributed by atoms with Crippen molar-refractivity contribution in [3.63, 3.8) is 0 Å². The summed E-state index contributed by atoms with van der Waals surface area (Å²) in [4.78, 5) is 28.6. The van der Waals surface area contributed by atoms with Gasteiger partial charge >= 0.3 is 5.97 Å². The number of aryl methyl sites for hydroxylation is 1. The van der Waals surface area contributed by atoms with Gasteiger partial charge in [0.2, 0.25) is 5.43 Å². The number of carbonyl (C=O) groups excluding carboxylic acids is 1. The number of fused-ring (bicyclic) bond motifs is 5. The molecule has 0 N–H and O–H groups in total. The minimum atomic E-state index is -0.878. The SMILES string of the molecule is CCCC(=O)OC1=Cc2c(cc(OCCN(C)C)c3c(=O)c4cc5ccccc5cc4n(C)c23)OC1(C)C. The largest absolute Gasteiger partial charge is 0.491 e. The maximum Gasteiger partial charge on any atom is 0.310 e. The Morgan fingerprint density at radius 1 is 1.11 bits per heavy atom. The molecular formula is C31H34N2O5. The maximum atomic E-state index is 14.1. The van der Waals surface area contributed by atoms with Gasteiger partial charge in [-0.1, -0.05) is 31.2 Å². The lowest BCUT2D eigenvalue weighted by Gasteiger charge is -2.34. The Balaban J connectivity index is 1.83. The van der Waals surface area contributed by atoms with Gasteiger partial charge in [0.1, 0.15) is 18.1 Å². The van der Waals surface area contributed by atoms with Crippen LogP contribution in [0.25, 0.3) is 38.7 Å². The number of aromatic nitrogens is 1. The second-order valence-electron chi connectivity index (χ2n) is 10.6. The predicted molar refractivity (Wildman–Crippen MR) is 152 cm³/mol. The first kappa shape index (κ1) is 25.8. The van der Waals surface area contributed by atoms with Crippen LogP contribution in [0.5, 0.6) is 11.5 Å². The van der Waals surface area contributed by atoms with Gasteiger partial charge in [0.15, 0.2) is 11.4 Å². The summed E-state index contributed by atoms with van der Waals surface area (Å²) in [5.74, 6) is 1.16. The molecule has 0 bridgehead atoms. The standard InChI is InChI=1S/C31H34N2O5/c1-7-10-27(34)37-26-17-22-24(38-31(26,2)3)18-25(36-14-13-32(4)5)28-29(22)33(6)23-16-20-12-9-8-11-19(20)15-21(23)30(28)35/h8-9,11-12,15-18H,7,10,13-14H2,1-6H3. The average Bonchev–Trinajstić information content (AvgIpc) is 2.86. The van der Waals surface area contributed by atoms with Gasteiger partial charge in [-0.2, -0.15) is 0 Å². The summed E-state index contributed by atoms with van der Waals surface area (Å²) in [5, 5.41) is 3.14. The molecule has 198 valence electrons. The highest BCUT2D eigenvalue weighted by Crippen LogP contribution is 2.43. The highest BCUT2D eigenvalue weighted by atomic mass is 16.6. The van der Waals surface area contributed by atoms with Crippen molar-refractivity contribution in [3.8, 4) is 11.5 Å². The van der Waals surface area contributed by atoms with E-state index in [4.69, 9.17) is 14.2 Å². The van der Waals surface area contributed by atoms with E-state index >= 15 is 0 Å². The molecule has 1 aliphatic rings. The van der Waals surface area contributed by atoms with Crippen LogP contribution in [0.2, 0.25) is 0 Å². The van der Waals surface area contributed by atoms with E-state index in [-0.39, 0.29) is 11.4 Å². The van der Waals surface area contributed by atoms with E-state index in [1.165, 1.54) is 0 Å². The molecule has 0 radical (unpaired) electrons. The summed E-state index contributed by atoms with van der Waals surface area (Å²) < 4.78 is 20.4. The Morgan fingerprint density at radius 3 is 2.50 bits per heavy atom. The lowest BCUT2D eigenvalue weighted by molar-refractivity contribution is -0.142. The number of rotatable bonds is 7. The summed E-state index contributed by atoms with van der Waals surface area (Å²) in [6, 6.07) is 13.8. The molecule has 5 rings (SSSR count). The van der Waals surface area contributed by atoms with Gasteiger partial charge in [0.25, 0.3) is 0 Å².